The number of carbonyl (C=O) groups is 1. The van der Waals surface area contributed by atoms with Gasteiger partial charge in [0, 0.05) is 15.7 Å². The van der Waals surface area contributed by atoms with E-state index in [1.165, 1.54) is 18.2 Å². The molecule has 98 valence electrons. The SMILES string of the molecule is Cc1ccc(NC(=O)c2ccc(F)cc2C)cc1Br. The molecule has 1 amide bonds. The van der Waals surface area contributed by atoms with Gasteiger partial charge >= 0.3 is 0 Å². The van der Waals surface area contributed by atoms with Gasteiger partial charge in [-0.3, -0.25) is 4.79 Å². The lowest BCUT2D eigenvalue weighted by Gasteiger charge is -2.09. The van der Waals surface area contributed by atoms with E-state index in [-0.39, 0.29) is 11.7 Å². The van der Waals surface area contributed by atoms with Crippen molar-refractivity contribution in [2.24, 2.45) is 0 Å². The van der Waals surface area contributed by atoms with Crippen LogP contribution in [0.4, 0.5) is 10.1 Å². The topological polar surface area (TPSA) is 29.1 Å². The Labute approximate surface area is 119 Å². The second-order valence-corrected chi connectivity index (χ2v) is 5.23. The van der Waals surface area contributed by atoms with Crippen LogP contribution in [0.2, 0.25) is 0 Å². The molecule has 2 rings (SSSR count). The van der Waals surface area contributed by atoms with Gasteiger partial charge in [0.25, 0.3) is 5.91 Å². The van der Waals surface area contributed by atoms with Gasteiger partial charge in [-0.25, -0.2) is 4.39 Å². The van der Waals surface area contributed by atoms with E-state index in [4.69, 9.17) is 0 Å². The first-order chi connectivity index (χ1) is 8.97. The molecule has 0 heterocycles. The van der Waals surface area contributed by atoms with Crippen molar-refractivity contribution in [2.75, 3.05) is 5.32 Å². The number of anilines is 1. The molecule has 4 heteroatoms. The van der Waals surface area contributed by atoms with Crippen LogP contribution in [0.5, 0.6) is 0 Å². The van der Waals surface area contributed by atoms with Crippen LogP contribution in [-0.4, -0.2) is 5.91 Å². The number of nitrogens with one attached hydrogen (secondary N) is 1. The van der Waals surface area contributed by atoms with Crippen molar-refractivity contribution >= 4 is 27.5 Å². The van der Waals surface area contributed by atoms with Gasteiger partial charge in [-0.05, 0) is 55.3 Å². The van der Waals surface area contributed by atoms with Crippen LogP contribution in [0.1, 0.15) is 21.5 Å². The van der Waals surface area contributed by atoms with E-state index in [0.29, 0.717) is 16.8 Å². The van der Waals surface area contributed by atoms with Crippen molar-refractivity contribution in [2.45, 2.75) is 13.8 Å². The Kier molecular flexibility index (Phi) is 4.00. The monoisotopic (exact) mass is 321 g/mol. The fraction of sp³-hybridized carbons (Fsp3) is 0.133. The van der Waals surface area contributed by atoms with E-state index < -0.39 is 0 Å². The lowest BCUT2D eigenvalue weighted by molar-refractivity contribution is 0.102. The Morgan fingerprint density at radius 1 is 1.11 bits per heavy atom. The summed E-state index contributed by atoms with van der Waals surface area (Å²) in [5, 5.41) is 2.80. The average Bonchev–Trinajstić information content (AvgIpc) is 2.33. The minimum atomic E-state index is -0.341. The van der Waals surface area contributed by atoms with Crippen LogP contribution in [0, 0.1) is 19.7 Å². The molecular weight excluding hydrogens is 309 g/mol. The van der Waals surface area contributed by atoms with Crippen molar-refractivity contribution in [3.63, 3.8) is 0 Å². The van der Waals surface area contributed by atoms with Crippen LogP contribution in [0.15, 0.2) is 40.9 Å². The molecule has 0 unspecified atom stereocenters. The third-order valence-electron chi connectivity index (χ3n) is 2.86. The highest BCUT2D eigenvalue weighted by atomic mass is 79.9. The van der Waals surface area contributed by atoms with E-state index in [9.17, 15) is 9.18 Å². The highest BCUT2D eigenvalue weighted by Crippen LogP contribution is 2.21. The van der Waals surface area contributed by atoms with E-state index in [2.05, 4.69) is 21.2 Å². The Morgan fingerprint density at radius 3 is 2.47 bits per heavy atom. The van der Waals surface area contributed by atoms with Crippen molar-refractivity contribution in [3.05, 3.63) is 63.4 Å². The fourth-order valence-corrected chi connectivity index (χ4v) is 2.13. The van der Waals surface area contributed by atoms with E-state index in [1.807, 2.05) is 25.1 Å². The molecule has 0 saturated heterocycles. The van der Waals surface area contributed by atoms with Gasteiger partial charge in [-0.2, -0.15) is 0 Å². The zero-order chi connectivity index (χ0) is 14.0. The maximum atomic E-state index is 13.0. The Morgan fingerprint density at radius 2 is 1.84 bits per heavy atom. The van der Waals surface area contributed by atoms with Gasteiger partial charge in [-0.1, -0.05) is 22.0 Å². The zero-order valence-electron chi connectivity index (χ0n) is 10.6. The standard InChI is InChI=1S/C15H13BrFNO/c1-9-3-5-12(8-14(9)16)18-15(19)13-6-4-11(17)7-10(13)2/h3-8H,1-2H3,(H,18,19). The van der Waals surface area contributed by atoms with Crippen molar-refractivity contribution in [1.82, 2.24) is 0 Å². The summed E-state index contributed by atoms with van der Waals surface area (Å²) in [5.74, 6) is -0.583. The Bertz CT molecular complexity index is 640. The molecule has 0 radical (unpaired) electrons. The van der Waals surface area contributed by atoms with E-state index in [1.54, 1.807) is 6.92 Å². The van der Waals surface area contributed by atoms with Gasteiger partial charge in [0.1, 0.15) is 5.82 Å². The quantitative estimate of drug-likeness (QED) is 0.869. The first-order valence-corrected chi connectivity index (χ1v) is 6.60. The Balaban J connectivity index is 2.23. The Hall–Kier alpha value is -1.68. The molecular formula is C15H13BrFNO. The number of carbonyl (C=O) groups excluding carboxylic acids is 1. The van der Waals surface area contributed by atoms with Crippen molar-refractivity contribution < 1.29 is 9.18 Å². The number of benzene rings is 2. The molecule has 0 saturated carbocycles. The maximum Gasteiger partial charge on any atom is 0.255 e. The minimum Gasteiger partial charge on any atom is -0.322 e. The molecule has 1 N–H and O–H groups in total. The minimum absolute atomic E-state index is 0.242. The lowest BCUT2D eigenvalue weighted by Crippen LogP contribution is -2.13. The highest BCUT2D eigenvalue weighted by Gasteiger charge is 2.10. The predicted molar refractivity (Wildman–Crippen MR) is 78.0 cm³/mol. The largest absolute Gasteiger partial charge is 0.322 e. The van der Waals surface area contributed by atoms with Crippen molar-refractivity contribution in [3.8, 4) is 0 Å². The van der Waals surface area contributed by atoms with Gasteiger partial charge in [0.15, 0.2) is 0 Å². The van der Waals surface area contributed by atoms with Gasteiger partial charge in [-0.15, -0.1) is 0 Å². The summed E-state index contributed by atoms with van der Waals surface area (Å²) < 4.78 is 13.9. The third kappa shape index (κ3) is 3.20. The second-order valence-electron chi connectivity index (χ2n) is 4.38. The molecule has 0 atom stereocenters. The van der Waals surface area contributed by atoms with Gasteiger partial charge < -0.3 is 5.32 Å². The summed E-state index contributed by atoms with van der Waals surface area (Å²) in [6.07, 6.45) is 0. The second kappa shape index (κ2) is 5.53. The number of rotatable bonds is 2. The summed E-state index contributed by atoms with van der Waals surface area (Å²) in [7, 11) is 0. The fourth-order valence-electron chi connectivity index (χ4n) is 1.75. The smallest absolute Gasteiger partial charge is 0.255 e. The summed E-state index contributed by atoms with van der Waals surface area (Å²) in [6.45, 7) is 3.68. The average molecular weight is 322 g/mol. The highest BCUT2D eigenvalue weighted by molar-refractivity contribution is 9.10. The number of amides is 1. The molecule has 0 bridgehead atoms. The number of aryl methyl sites for hydroxylation is 2. The van der Waals surface area contributed by atoms with Crippen LogP contribution in [0.25, 0.3) is 0 Å². The molecule has 0 aliphatic heterocycles. The number of hydrogen-bond acceptors (Lipinski definition) is 1. The normalized spacial score (nSPS) is 10.3. The number of hydrogen-bond donors (Lipinski definition) is 1. The maximum absolute atomic E-state index is 13.0. The van der Waals surface area contributed by atoms with Crippen LogP contribution >= 0.6 is 15.9 Å². The number of halogens is 2. The van der Waals surface area contributed by atoms with E-state index >= 15 is 0 Å². The van der Waals surface area contributed by atoms with Crippen LogP contribution in [0.3, 0.4) is 0 Å². The molecule has 0 fully saturated rings. The molecule has 0 spiro atoms. The van der Waals surface area contributed by atoms with Gasteiger partial charge in [0.2, 0.25) is 0 Å². The molecule has 0 aromatic heterocycles. The van der Waals surface area contributed by atoms with Crippen LogP contribution < -0.4 is 5.32 Å². The first kappa shape index (κ1) is 13.7. The predicted octanol–water partition coefficient (Wildman–Crippen LogP) is 4.46. The molecule has 0 aliphatic rings. The molecule has 0 aliphatic carbocycles. The molecule has 19 heavy (non-hydrogen) atoms. The van der Waals surface area contributed by atoms with Crippen molar-refractivity contribution in [1.29, 1.82) is 0 Å². The van der Waals surface area contributed by atoms with Gasteiger partial charge in [0.05, 0.1) is 0 Å². The van der Waals surface area contributed by atoms with Crippen LogP contribution in [-0.2, 0) is 0 Å². The molecule has 2 nitrogen and oxygen atoms in total. The summed E-state index contributed by atoms with van der Waals surface area (Å²) in [6, 6.07) is 9.70. The zero-order valence-corrected chi connectivity index (χ0v) is 12.2. The third-order valence-corrected chi connectivity index (χ3v) is 3.72. The summed E-state index contributed by atoms with van der Waals surface area (Å²) >= 11 is 3.42. The summed E-state index contributed by atoms with van der Waals surface area (Å²) in [4.78, 5) is 12.1. The lowest BCUT2D eigenvalue weighted by atomic mass is 10.1. The van der Waals surface area contributed by atoms with E-state index in [0.717, 1.165) is 10.0 Å². The molecule has 2 aromatic carbocycles. The summed E-state index contributed by atoms with van der Waals surface area (Å²) in [5.41, 5.74) is 2.88. The first-order valence-electron chi connectivity index (χ1n) is 5.81. The molecule has 2 aromatic rings.